The summed E-state index contributed by atoms with van der Waals surface area (Å²) < 4.78 is 4.96. The molecule has 1 rings (SSSR count). The van der Waals surface area contributed by atoms with Crippen LogP contribution in [-0.4, -0.2) is 28.3 Å². The SMILES string of the molecule is COc1ccnc(CC(O)C(C)C)n1. The fraction of sp³-hybridized carbons (Fsp3) is 0.600. The molecule has 0 amide bonds. The van der Waals surface area contributed by atoms with E-state index in [0.29, 0.717) is 18.1 Å². The summed E-state index contributed by atoms with van der Waals surface area (Å²) in [6.07, 6.45) is 1.70. The van der Waals surface area contributed by atoms with Gasteiger partial charge in [-0.3, -0.25) is 0 Å². The first-order chi connectivity index (χ1) is 6.63. The summed E-state index contributed by atoms with van der Waals surface area (Å²) in [4.78, 5) is 8.18. The number of nitrogens with zero attached hydrogens (tertiary/aromatic N) is 2. The maximum atomic E-state index is 9.62. The van der Waals surface area contributed by atoms with Crippen molar-refractivity contribution in [3.63, 3.8) is 0 Å². The minimum atomic E-state index is -0.401. The third kappa shape index (κ3) is 2.96. The molecule has 0 radical (unpaired) electrons. The summed E-state index contributed by atoms with van der Waals surface area (Å²) in [6, 6.07) is 1.69. The zero-order chi connectivity index (χ0) is 10.6. The molecular weight excluding hydrogens is 180 g/mol. The molecule has 0 saturated heterocycles. The van der Waals surface area contributed by atoms with Crippen molar-refractivity contribution in [2.75, 3.05) is 7.11 Å². The van der Waals surface area contributed by atoms with Crippen LogP contribution in [0.2, 0.25) is 0 Å². The highest BCUT2D eigenvalue weighted by Gasteiger charge is 2.12. The van der Waals surface area contributed by atoms with E-state index in [0.717, 1.165) is 0 Å². The number of aliphatic hydroxyl groups is 1. The van der Waals surface area contributed by atoms with Gasteiger partial charge in [0.2, 0.25) is 5.88 Å². The van der Waals surface area contributed by atoms with Gasteiger partial charge in [-0.15, -0.1) is 0 Å². The second kappa shape index (κ2) is 4.91. The van der Waals surface area contributed by atoms with Crippen molar-refractivity contribution >= 4 is 0 Å². The van der Waals surface area contributed by atoms with Crippen molar-refractivity contribution in [3.05, 3.63) is 18.1 Å². The lowest BCUT2D eigenvalue weighted by Crippen LogP contribution is -2.19. The van der Waals surface area contributed by atoms with Crippen molar-refractivity contribution in [1.82, 2.24) is 9.97 Å². The molecule has 0 fully saturated rings. The predicted molar refractivity (Wildman–Crippen MR) is 53.1 cm³/mol. The molecule has 1 heterocycles. The lowest BCUT2D eigenvalue weighted by atomic mass is 10.0. The van der Waals surface area contributed by atoms with Crippen molar-refractivity contribution in [3.8, 4) is 5.88 Å². The van der Waals surface area contributed by atoms with Crippen LogP contribution in [0.15, 0.2) is 12.3 Å². The van der Waals surface area contributed by atoms with Crippen LogP contribution < -0.4 is 4.74 Å². The first-order valence-corrected chi connectivity index (χ1v) is 4.67. The first kappa shape index (κ1) is 10.9. The van der Waals surface area contributed by atoms with Gasteiger partial charge in [0.15, 0.2) is 0 Å². The van der Waals surface area contributed by atoms with E-state index < -0.39 is 6.10 Å². The fourth-order valence-electron chi connectivity index (χ4n) is 1.02. The van der Waals surface area contributed by atoms with Gasteiger partial charge >= 0.3 is 0 Å². The first-order valence-electron chi connectivity index (χ1n) is 4.67. The number of ether oxygens (including phenoxy) is 1. The molecule has 1 aromatic rings. The van der Waals surface area contributed by atoms with Gasteiger partial charge in [-0.2, -0.15) is 4.98 Å². The topological polar surface area (TPSA) is 55.2 Å². The quantitative estimate of drug-likeness (QED) is 0.782. The maximum Gasteiger partial charge on any atom is 0.216 e. The van der Waals surface area contributed by atoms with Gasteiger partial charge in [-0.1, -0.05) is 13.8 Å². The van der Waals surface area contributed by atoms with Crippen molar-refractivity contribution < 1.29 is 9.84 Å². The van der Waals surface area contributed by atoms with Gasteiger partial charge in [-0.25, -0.2) is 4.98 Å². The maximum absolute atomic E-state index is 9.62. The number of methoxy groups -OCH3 is 1. The van der Waals surface area contributed by atoms with E-state index in [1.807, 2.05) is 13.8 Å². The molecule has 0 aliphatic rings. The molecule has 0 spiro atoms. The molecule has 1 aromatic heterocycles. The third-order valence-electron chi connectivity index (χ3n) is 2.05. The standard InChI is InChI=1S/C10H16N2O2/c1-7(2)8(13)6-9-11-5-4-10(12-9)14-3/h4-5,7-8,13H,6H2,1-3H3. The zero-order valence-corrected chi connectivity index (χ0v) is 8.77. The van der Waals surface area contributed by atoms with E-state index in [1.165, 1.54) is 0 Å². The van der Waals surface area contributed by atoms with E-state index in [-0.39, 0.29) is 5.92 Å². The molecule has 1 unspecified atom stereocenters. The highest BCUT2D eigenvalue weighted by molar-refractivity contribution is 5.08. The molecule has 0 aromatic carbocycles. The van der Waals surface area contributed by atoms with Gasteiger partial charge in [0.1, 0.15) is 5.82 Å². The smallest absolute Gasteiger partial charge is 0.216 e. The Hall–Kier alpha value is -1.16. The molecular formula is C10H16N2O2. The van der Waals surface area contributed by atoms with E-state index >= 15 is 0 Å². The fourth-order valence-corrected chi connectivity index (χ4v) is 1.02. The second-order valence-corrected chi connectivity index (χ2v) is 3.53. The number of aromatic nitrogens is 2. The van der Waals surface area contributed by atoms with Crippen LogP contribution in [0.4, 0.5) is 0 Å². The Bertz CT molecular complexity index is 289. The van der Waals surface area contributed by atoms with Crippen LogP contribution in [0.1, 0.15) is 19.7 Å². The van der Waals surface area contributed by atoms with E-state index in [4.69, 9.17) is 4.74 Å². The van der Waals surface area contributed by atoms with E-state index in [2.05, 4.69) is 9.97 Å². The van der Waals surface area contributed by atoms with Gasteiger partial charge in [0, 0.05) is 18.7 Å². The highest BCUT2D eigenvalue weighted by atomic mass is 16.5. The minimum absolute atomic E-state index is 0.213. The van der Waals surface area contributed by atoms with E-state index in [9.17, 15) is 5.11 Å². The number of hydrogen-bond donors (Lipinski definition) is 1. The zero-order valence-electron chi connectivity index (χ0n) is 8.77. The molecule has 4 nitrogen and oxygen atoms in total. The molecule has 0 saturated carbocycles. The summed E-state index contributed by atoms with van der Waals surface area (Å²) in [6.45, 7) is 3.93. The lowest BCUT2D eigenvalue weighted by Gasteiger charge is -2.13. The summed E-state index contributed by atoms with van der Waals surface area (Å²) in [5.74, 6) is 1.36. The molecule has 14 heavy (non-hydrogen) atoms. The van der Waals surface area contributed by atoms with Crippen molar-refractivity contribution in [1.29, 1.82) is 0 Å². The Labute approximate surface area is 84.0 Å². The highest BCUT2D eigenvalue weighted by Crippen LogP contribution is 2.09. The molecule has 0 bridgehead atoms. The van der Waals surface area contributed by atoms with Crippen LogP contribution in [0.25, 0.3) is 0 Å². The van der Waals surface area contributed by atoms with Crippen LogP contribution in [0.3, 0.4) is 0 Å². The van der Waals surface area contributed by atoms with Crippen molar-refractivity contribution in [2.24, 2.45) is 5.92 Å². The summed E-state index contributed by atoms with van der Waals surface area (Å²) in [5.41, 5.74) is 0. The Morgan fingerprint density at radius 1 is 1.50 bits per heavy atom. The number of rotatable bonds is 4. The number of aliphatic hydroxyl groups excluding tert-OH is 1. The predicted octanol–water partition coefficient (Wildman–Crippen LogP) is 1.04. The Balaban J connectivity index is 2.66. The van der Waals surface area contributed by atoms with Crippen molar-refractivity contribution in [2.45, 2.75) is 26.4 Å². The summed E-state index contributed by atoms with van der Waals surface area (Å²) >= 11 is 0. The third-order valence-corrected chi connectivity index (χ3v) is 2.05. The normalized spacial score (nSPS) is 12.9. The van der Waals surface area contributed by atoms with Crippen LogP contribution in [-0.2, 0) is 6.42 Å². The molecule has 0 aliphatic heterocycles. The molecule has 1 N–H and O–H groups in total. The molecule has 0 aliphatic carbocycles. The average molecular weight is 196 g/mol. The van der Waals surface area contributed by atoms with E-state index in [1.54, 1.807) is 19.4 Å². The monoisotopic (exact) mass is 196 g/mol. The van der Waals surface area contributed by atoms with Gasteiger partial charge in [0.05, 0.1) is 13.2 Å². The van der Waals surface area contributed by atoms with Crippen LogP contribution in [0.5, 0.6) is 5.88 Å². The number of hydrogen-bond acceptors (Lipinski definition) is 4. The largest absolute Gasteiger partial charge is 0.481 e. The Morgan fingerprint density at radius 3 is 2.79 bits per heavy atom. The van der Waals surface area contributed by atoms with Crippen LogP contribution in [0, 0.1) is 5.92 Å². The van der Waals surface area contributed by atoms with Gasteiger partial charge in [0.25, 0.3) is 0 Å². The lowest BCUT2D eigenvalue weighted by molar-refractivity contribution is 0.123. The molecule has 4 heteroatoms. The second-order valence-electron chi connectivity index (χ2n) is 3.53. The van der Waals surface area contributed by atoms with Gasteiger partial charge < -0.3 is 9.84 Å². The van der Waals surface area contributed by atoms with Crippen LogP contribution >= 0.6 is 0 Å². The average Bonchev–Trinajstić information content (AvgIpc) is 2.18. The Kier molecular flexibility index (Phi) is 3.83. The molecule has 78 valence electrons. The minimum Gasteiger partial charge on any atom is -0.481 e. The Morgan fingerprint density at radius 2 is 2.21 bits per heavy atom. The molecule has 1 atom stereocenters. The van der Waals surface area contributed by atoms with Gasteiger partial charge in [-0.05, 0) is 5.92 Å². The summed E-state index contributed by atoms with van der Waals surface area (Å²) in [7, 11) is 1.56. The summed E-state index contributed by atoms with van der Waals surface area (Å²) in [5, 5.41) is 9.62.